The van der Waals surface area contributed by atoms with Gasteiger partial charge in [0, 0.05) is 7.11 Å². The van der Waals surface area contributed by atoms with Gasteiger partial charge in [-0.2, -0.15) is 4.98 Å². The van der Waals surface area contributed by atoms with E-state index in [1.54, 1.807) is 7.11 Å². The van der Waals surface area contributed by atoms with Crippen molar-refractivity contribution in [1.29, 1.82) is 0 Å². The van der Waals surface area contributed by atoms with E-state index in [1.165, 1.54) is 0 Å². The maximum Gasteiger partial charge on any atom is 0.229 e. The van der Waals surface area contributed by atoms with E-state index < -0.39 is 6.10 Å². The Morgan fingerprint density at radius 1 is 1.41 bits per heavy atom. The van der Waals surface area contributed by atoms with E-state index in [9.17, 15) is 5.11 Å². The summed E-state index contributed by atoms with van der Waals surface area (Å²) in [5.41, 5.74) is -0.0980. The average molecular weight is 242 g/mol. The lowest BCUT2D eigenvalue weighted by Gasteiger charge is -2.26. The summed E-state index contributed by atoms with van der Waals surface area (Å²) in [6.07, 6.45) is 0.423. The first-order chi connectivity index (χ1) is 7.88. The molecule has 0 aliphatic heterocycles. The van der Waals surface area contributed by atoms with Crippen LogP contribution in [0.15, 0.2) is 4.52 Å². The van der Waals surface area contributed by atoms with Gasteiger partial charge in [-0.3, -0.25) is 0 Å². The van der Waals surface area contributed by atoms with Crippen LogP contribution in [-0.4, -0.2) is 28.5 Å². The highest BCUT2D eigenvalue weighted by Crippen LogP contribution is 2.33. The predicted octanol–water partition coefficient (Wildman–Crippen LogP) is 2.12. The Morgan fingerprint density at radius 2 is 2.06 bits per heavy atom. The van der Waals surface area contributed by atoms with Gasteiger partial charge < -0.3 is 14.4 Å². The molecule has 5 nitrogen and oxygen atoms in total. The van der Waals surface area contributed by atoms with Crippen LogP contribution >= 0.6 is 0 Å². The molecule has 0 radical (unpaired) electrons. The average Bonchev–Trinajstić information content (AvgIpc) is 2.65. The monoisotopic (exact) mass is 242 g/mol. The first-order valence-electron chi connectivity index (χ1n) is 5.91. The number of methoxy groups -OCH3 is 1. The molecule has 1 aromatic rings. The molecule has 1 N–H and O–H groups in total. The first-order valence-corrected chi connectivity index (χ1v) is 5.91. The van der Waals surface area contributed by atoms with Crippen molar-refractivity contribution in [3.05, 3.63) is 11.7 Å². The Morgan fingerprint density at radius 3 is 2.53 bits per heavy atom. The Bertz CT molecular complexity index is 344. The number of ether oxygens (including phenoxy) is 1. The van der Waals surface area contributed by atoms with Gasteiger partial charge in [0.25, 0.3) is 0 Å². The van der Waals surface area contributed by atoms with Crippen molar-refractivity contribution in [2.45, 2.75) is 52.7 Å². The van der Waals surface area contributed by atoms with E-state index in [2.05, 4.69) is 30.9 Å². The maximum atomic E-state index is 9.52. The quantitative estimate of drug-likeness (QED) is 0.856. The minimum absolute atomic E-state index is 0.0980. The Kier molecular flexibility index (Phi) is 4.65. The Balaban J connectivity index is 2.79. The van der Waals surface area contributed by atoms with Crippen molar-refractivity contribution in [2.75, 3.05) is 7.11 Å². The SMILES string of the molecule is CCC(O)Cc1nc(C(OC)C(C)(C)C)no1. The standard InChI is InChI=1S/C12H22N2O3/c1-6-8(15)7-9-13-11(14-17-9)10(16-5)12(2,3)4/h8,10,15H,6-7H2,1-5H3. The third-order valence-corrected chi connectivity index (χ3v) is 2.62. The van der Waals surface area contributed by atoms with Crippen LogP contribution in [0.4, 0.5) is 0 Å². The van der Waals surface area contributed by atoms with E-state index in [4.69, 9.17) is 9.26 Å². The molecule has 0 amide bonds. The molecule has 2 unspecified atom stereocenters. The molecule has 0 aromatic carbocycles. The van der Waals surface area contributed by atoms with Gasteiger partial charge in [0.05, 0.1) is 12.5 Å². The van der Waals surface area contributed by atoms with Crippen LogP contribution in [0.25, 0.3) is 0 Å². The van der Waals surface area contributed by atoms with Crippen molar-refractivity contribution >= 4 is 0 Å². The lowest BCUT2D eigenvalue weighted by Crippen LogP contribution is -2.21. The number of aliphatic hydroxyl groups is 1. The molecule has 0 fully saturated rings. The molecule has 17 heavy (non-hydrogen) atoms. The summed E-state index contributed by atoms with van der Waals surface area (Å²) in [7, 11) is 1.63. The fourth-order valence-electron chi connectivity index (χ4n) is 1.65. The second-order valence-corrected chi connectivity index (χ2v) is 5.29. The summed E-state index contributed by atoms with van der Waals surface area (Å²) in [6.45, 7) is 8.07. The lowest BCUT2D eigenvalue weighted by molar-refractivity contribution is 0.00718. The summed E-state index contributed by atoms with van der Waals surface area (Å²) < 4.78 is 10.5. The fourth-order valence-corrected chi connectivity index (χ4v) is 1.65. The van der Waals surface area contributed by atoms with Gasteiger partial charge >= 0.3 is 0 Å². The van der Waals surface area contributed by atoms with Crippen molar-refractivity contribution in [1.82, 2.24) is 10.1 Å². The number of hydrogen-bond donors (Lipinski definition) is 1. The van der Waals surface area contributed by atoms with Crippen LogP contribution in [0.5, 0.6) is 0 Å². The van der Waals surface area contributed by atoms with Crippen LogP contribution in [-0.2, 0) is 11.2 Å². The normalized spacial score (nSPS) is 15.9. The lowest BCUT2D eigenvalue weighted by atomic mass is 9.88. The van der Waals surface area contributed by atoms with Crippen LogP contribution in [0.3, 0.4) is 0 Å². The highest BCUT2D eigenvalue weighted by Gasteiger charge is 2.30. The largest absolute Gasteiger partial charge is 0.393 e. The maximum absolute atomic E-state index is 9.52. The molecule has 2 atom stereocenters. The Labute approximate surface area is 102 Å². The van der Waals surface area contributed by atoms with Gasteiger partial charge in [0.1, 0.15) is 6.10 Å². The number of hydrogen-bond acceptors (Lipinski definition) is 5. The molecule has 0 aliphatic rings. The molecule has 0 spiro atoms. The zero-order valence-corrected chi connectivity index (χ0v) is 11.2. The van der Waals surface area contributed by atoms with E-state index in [0.717, 1.165) is 0 Å². The zero-order chi connectivity index (χ0) is 13.1. The molecule has 1 heterocycles. The summed E-state index contributed by atoms with van der Waals surface area (Å²) in [5.74, 6) is 0.999. The van der Waals surface area contributed by atoms with E-state index in [-0.39, 0.29) is 11.5 Å². The molecule has 0 saturated heterocycles. The van der Waals surface area contributed by atoms with Crippen LogP contribution in [0.1, 0.15) is 51.9 Å². The van der Waals surface area contributed by atoms with Gasteiger partial charge in [0.15, 0.2) is 0 Å². The van der Waals surface area contributed by atoms with Crippen molar-refractivity contribution in [3.63, 3.8) is 0 Å². The summed E-state index contributed by atoms with van der Waals surface area (Å²) in [5, 5.41) is 13.4. The molecule has 0 aliphatic carbocycles. The summed E-state index contributed by atoms with van der Waals surface area (Å²) in [6, 6.07) is 0. The molecule has 1 aromatic heterocycles. The van der Waals surface area contributed by atoms with Crippen molar-refractivity contribution in [2.24, 2.45) is 5.41 Å². The number of aromatic nitrogens is 2. The first kappa shape index (κ1) is 14.1. The zero-order valence-electron chi connectivity index (χ0n) is 11.2. The molecular weight excluding hydrogens is 220 g/mol. The highest BCUT2D eigenvalue weighted by molar-refractivity contribution is 4.97. The topological polar surface area (TPSA) is 68.4 Å². The molecule has 5 heteroatoms. The second kappa shape index (κ2) is 5.60. The van der Waals surface area contributed by atoms with Crippen LogP contribution in [0, 0.1) is 5.41 Å². The van der Waals surface area contributed by atoms with Gasteiger partial charge in [-0.05, 0) is 11.8 Å². The summed E-state index contributed by atoms with van der Waals surface area (Å²) >= 11 is 0. The Hall–Kier alpha value is -0.940. The van der Waals surface area contributed by atoms with E-state index >= 15 is 0 Å². The molecule has 0 saturated carbocycles. The molecule has 1 rings (SSSR count). The van der Waals surface area contributed by atoms with Gasteiger partial charge in [-0.1, -0.05) is 32.9 Å². The second-order valence-electron chi connectivity index (χ2n) is 5.29. The number of nitrogens with zero attached hydrogens (tertiary/aromatic N) is 2. The fraction of sp³-hybridized carbons (Fsp3) is 0.833. The van der Waals surface area contributed by atoms with Crippen molar-refractivity contribution < 1.29 is 14.4 Å². The van der Waals surface area contributed by atoms with E-state index in [0.29, 0.717) is 24.6 Å². The van der Waals surface area contributed by atoms with E-state index in [1.807, 2.05) is 6.92 Å². The summed E-state index contributed by atoms with van der Waals surface area (Å²) in [4.78, 5) is 4.27. The van der Waals surface area contributed by atoms with Crippen LogP contribution < -0.4 is 0 Å². The molecular formula is C12H22N2O3. The smallest absolute Gasteiger partial charge is 0.229 e. The molecule has 0 bridgehead atoms. The minimum Gasteiger partial charge on any atom is -0.393 e. The third-order valence-electron chi connectivity index (χ3n) is 2.62. The highest BCUT2D eigenvalue weighted by atomic mass is 16.5. The predicted molar refractivity (Wildman–Crippen MR) is 63.5 cm³/mol. The van der Waals surface area contributed by atoms with Gasteiger partial charge in [-0.25, -0.2) is 0 Å². The van der Waals surface area contributed by atoms with Gasteiger partial charge in [-0.15, -0.1) is 0 Å². The number of rotatable bonds is 5. The number of aliphatic hydroxyl groups excluding tert-OH is 1. The van der Waals surface area contributed by atoms with Crippen molar-refractivity contribution in [3.8, 4) is 0 Å². The minimum atomic E-state index is -0.432. The third kappa shape index (κ3) is 3.78. The molecule has 98 valence electrons. The van der Waals surface area contributed by atoms with Crippen LogP contribution in [0.2, 0.25) is 0 Å². The van der Waals surface area contributed by atoms with Gasteiger partial charge in [0.2, 0.25) is 11.7 Å².